The SMILES string of the molecule is CN(C)c1c(CN(C)C2Cc3ccccc3C2)cc(O)c2c1C[C@H]1C[C@H]3[C@H](N(C)C)C(=O)C(C(N)=O)=C(O)[C@@]3(O)C(=O)C1=C2O. The number of nitrogens with two attached hydrogens (primary N) is 1. The zero-order chi connectivity index (χ0) is 32.7. The van der Waals surface area contributed by atoms with Crippen molar-refractivity contribution in [2.45, 2.75) is 49.9 Å². The topological polar surface area (TPSA) is 168 Å². The second-order valence-electron chi connectivity index (χ2n) is 13.4. The van der Waals surface area contributed by atoms with Gasteiger partial charge in [-0.25, -0.2) is 0 Å². The van der Waals surface area contributed by atoms with E-state index in [0.29, 0.717) is 12.1 Å². The molecule has 2 aromatic rings. The van der Waals surface area contributed by atoms with Crippen LogP contribution in [0.3, 0.4) is 0 Å². The number of hydrogen-bond donors (Lipinski definition) is 5. The number of nitrogens with zero attached hydrogens (tertiary/aromatic N) is 3. The molecule has 6 rings (SSSR count). The van der Waals surface area contributed by atoms with E-state index in [-0.39, 0.29) is 35.8 Å². The molecule has 238 valence electrons. The summed E-state index contributed by atoms with van der Waals surface area (Å²) >= 11 is 0. The summed E-state index contributed by atoms with van der Waals surface area (Å²) in [6.45, 7) is 0.530. The molecule has 0 aromatic heterocycles. The lowest BCUT2D eigenvalue weighted by molar-refractivity contribution is -0.153. The van der Waals surface area contributed by atoms with Crippen LogP contribution in [-0.4, -0.2) is 101 Å². The Morgan fingerprint density at radius 3 is 2.18 bits per heavy atom. The Kier molecular flexibility index (Phi) is 7.34. The molecule has 2 aromatic carbocycles. The molecule has 45 heavy (non-hydrogen) atoms. The van der Waals surface area contributed by atoms with Gasteiger partial charge in [-0.2, -0.15) is 0 Å². The van der Waals surface area contributed by atoms with E-state index in [1.54, 1.807) is 20.2 Å². The normalized spacial score (nSPS) is 26.3. The van der Waals surface area contributed by atoms with Crippen LogP contribution in [0.15, 0.2) is 47.2 Å². The van der Waals surface area contributed by atoms with Crippen LogP contribution in [0.25, 0.3) is 5.76 Å². The van der Waals surface area contributed by atoms with Gasteiger partial charge in [0, 0.05) is 43.9 Å². The molecule has 4 aliphatic carbocycles. The first kappa shape index (κ1) is 30.8. The molecule has 1 saturated carbocycles. The van der Waals surface area contributed by atoms with Crippen molar-refractivity contribution < 1.29 is 34.8 Å². The zero-order valence-electron chi connectivity index (χ0n) is 26.2. The maximum absolute atomic E-state index is 14.1. The number of primary amides is 1. The molecule has 0 saturated heterocycles. The lowest BCUT2D eigenvalue weighted by Crippen LogP contribution is -2.65. The number of likely N-dealkylation sites (N-methyl/N-ethyl adjacent to an activating group) is 2. The van der Waals surface area contributed by atoms with E-state index < -0.39 is 58.0 Å². The number of phenols is 1. The molecule has 0 heterocycles. The number of fused-ring (bicyclic) bond motifs is 4. The Balaban J connectivity index is 1.44. The minimum absolute atomic E-state index is 0.0455. The van der Waals surface area contributed by atoms with Crippen LogP contribution in [0.5, 0.6) is 5.75 Å². The van der Waals surface area contributed by atoms with Crippen LogP contribution >= 0.6 is 0 Å². The zero-order valence-corrected chi connectivity index (χ0v) is 26.2. The number of phenolic OH excluding ortho intramolecular Hbond substituents is 1. The quantitative estimate of drug-likeness (QED) is 0.301. The molecule has 0 aliphatic heterocycles. The smallest absolute Gasteiger partial charge is 0.255 e. The fourth-order valence-corrected chi connectivity index (χ4v) is 8.29. The van der Waals surface area contributed by atoms with Crippen LogP contribution in [0.2, 0.25) is 0 Å². The Labute approximate surface area is 261 Å². The molecule has 0 spiro atoms. The number of anilines is 1. The van der Waals surface area contributed by atoms with Crippen LogP contribution in [0, 0.1) is 11.8 Å². The van der Waals surface area contributed by atoms with Crippen LogP contribution < -0.4 is 10.6 Å². The van der Waals surface area contributed by atoms with Crippen molar-refractivity contribution in [3.8, 4) is 5.75 Å². The predicted octanol–water partition coefficient (Wildman–Crippen LogP) is 1.63. The molecule has 0 radical (unpaired) electrons. The lowest BCUT2D eigenvalue weighted by atomic mass is 9.57. The van der Waals surface area contributed by atoms with E-state index in [1.165, 1.54) is 16.0 Å². The molecule has 0 bridgehead atoms. The van der Waals surface area contributed by atoms with Crippen molar-refractivity contribution in [1.29, 1.82) is 0 Å². The number of hydrogen-bond acceptors (Lipinski definition) is 10. The molecular weight excluding hydrogens is 576 g/mol. The average molecular weight is 617 g/mol. The van der Waals surface area contributed by atoms with E-state index in [1.807, 2.05) is 19.0 Å². The number of aromatic hydroxyl groups is 1. The molecule has 4 aliphatic rings. The van der Waals surface area contributed by atoms with Gasteiger partial charge in [0.1, 0.15) is 22.8 Å². The van der Waals surface area contributed by atoms with Crippen molar-refractivity contribution in [2.75, 3.05) is 40.1 Å². The van der Waals surface area contributed by atoms with Crippen LogP contribution in [-0.2, 0) is 40.2 Å². The van der Waals surface area contributed by atoms with Gasteiger partial charge in [-0.1, -0.05) is 24.3 Å². The highest BCUT2D eigenvalue weighted by Crippen LogP contribution is 2.54. The van der Waals surface area contributed by atoms with Crippen molar-refractivity contribution in [1.82, 2.24) is 9.80 Å². The van der Waals surface area contributed by atoms with E-state index in [0.717, 1.165) is 24.1 Å². The minimum atomic E-state index is -2.66. The molecule has 1 fully saturated rings. The van der Waals surface area contributed by atoms with Gasteiger partial charge in [0.15, 0.2) is 11.4 Å². The summed E-state index contributed by atoms with van der Waals surface area (Å²) in [4.78, 5) is 45.4. The number of Topliss-reactive ketones (excluding diaryl/α,β-unsaturated/α-hetero) is 2. The Morgan fingerprint density at radius 1 is 1.00 bits per heavy atom. The second kappa shape index (κ2) is 10.7. The third kappa shape index (κ3) is 4.47. The van der Waals surface area contributed by atoms with Gasteiger partial charge in [0.05, 0.1) is 11.6 Å². The van der Waals surface area contributed by atoms with E-state index >= 15 is 0 Å². The van der Waals surface area contributed by atoms with Crippen molar-refractivity contribution >= 4 is 28.9 Å². The molecule has 4 atom stereocenters. The fraction of sp³-hybridized carbons (Fsp3) is 0.441. The highest BCUT2D eigenvalue weighted by Gasteiger charge is 2.64. The lowest BCUT2D eigenvalue weighted by Gasteiger charge is -2.50. The number of rotatable bonds is 6. The number of carbonyl (C=O) groups excluding carboxylic acids is 3. The monoisotopic (exact) mass is 616 g/mol. The molecular formula is C34H40N4O7. The summed E-state index contributed by atoms with van der Waals surface area (Å²) in [6, 6.07) is 9.18. The van der Waals surface area contributed by atoms with Crippen molar-refractivity contribution in [3.63, 3.8) is 0 Å². The van der Waals surface area contributed by atoms with Gasteiger partial charge < -0.3 is 31.1 Å². The highest BCUT2D eigenvalue weighted by molar-refractivity contribution is 6.24. The van der Waals surface area contributed by atoms with E-state index in [9.17, 15) is 34.8 Å². The predicted molar refractivity (Wildman–Crippen MR) is 168 cm³/mol. The van der Waals surface area contributed by atoms with Crippen LogP contribution in [0.4, 0.5) is 5.69 Å². The largest absolute Gasteiger partial charge is 0.508 e. The summed E-state index contributed by atoms with van der Waals surface area (Å²) in [5.74, 6) is -6.59. The number of carbonyl (C=O) groups is 3. The van der Waals surface area contributed by atoms with Gasteiger partial charge in [-0.15, -0.1) is 0 Å². The average Bonchev–Trinajstić information content (AvgIpc) is 3.39. The van der Waals surface area contributed by atoms with E-state index in [4.69, 9.17) is 5.73 Å². The summed E-state index contributed by atoms with van der Waals surface area (Å²) < 4.78 is 0. The number of amides is 1. The van der Waals surface area contributed by atoms with Gasteiger partial charge in [0.2, 0.25) is 5.78 Å². The molecule has 11 nitrogen and oxygen atoms in total. The third-order valence-electron chi connectivity index (χ3n) is 10.3. The van der Waals surface area contributed by atoms with Crippen molar-refractivity contribution in [2.24, 2.45) is 17.6 Å². The third-order valence-corrected chi connectivity index (χ3v) is 10.3. The maximum atomic E-state index is 14.1. The number of ketones is 2. The summed E-state index contributed by atoms with van der Waals surface area (Å²) in [6.07, 6.45) is 2.13. The van der Waals surface area contributed by atoms with Crippen molar-refractivity contribution in [3.05, 3.63) is 75.1 Å². The first-order valence-electron chi connectivity index (χ1n) is 15.1. The standard InChI is InChI=1S/C34H40N4O7/c1-36(2)27-19(15-38(5)20-10-16-8-6-7-9-17(16)11-20)14-23(39)25-21(27)12-18-13-22-28(37(3)4)30(41)26(33(35)44)32(43)34(22,45)31(42)24(18)29(25)40/h6-9,14,18,20,22,28,39-40,43,45H,10-13,15H2,1-5H3,(H2,35,44)/t18-,22-,28-,34-/m0/s1. The minimum Gasteiger partial charge on any atom is -0.508 e. The number of aliphatic hydroxyl groups is 3. The van der Waals surface area contributed by atoms with Gasteiger partial charge in [-0.05, 0) is 81.1 Å². The molecule has 11 heteroatoms. The second-order valence-corrected chi connectivity index (χ2v) is 13.4. The maximum Gasteiger partial charge on any atom is 0.255 e. The summed E-state index contributed by atoms with van der Waals surface area (Å²) in [5.41, 5.74) is 6.86. The van der Waals surface area contributed by atoms with Gasteiger partial charge in [-0.3, -0.25) is 24.2 Å². The highest BCUT2D eigenvalue weighted by atomic mass is 16.3. The Morgan fingerprint density at radius 2 is 1.62 bits per heavy atom. The Hall–Kier alpha value is -4.19. The molecule has 1 amide bonds. The molecule has 6 N–H and O–H groups in total. The first-order valence-corrected chi connectivity index (χ1v) is 15.1. The number of benzene rings is 2. The molecule has 0 unspecified atom stereocenters. The van der Waals surface area contributed by atoms with Gasteiger partial charge >= 0.3 is 0 Å². The summed E-state index contributed by atoms with van der Waals surface area (Å²) in [5, 5.41) is 45.9. The van der Waals surface area contributed by atoms with Gasteiger partial charge in [0.25, 0.3) is 5.91 Å². The number of aliphatic hydroxyl groups excluding tert-OH is 2. The Bertz CT molecular complexity index is 1690. The van der Waals surface area contributed by atoms with E-state index in [2.05, 4.69) is 36.2 Å². The summed E-state index contributed by atoms with van der Waals surface area (Å²) in [7, 11) is 9.00. The first-order chi connectivity index (χ1) is 21.2. The van der Waals surface area contributed by atoms with Crippen LogP contribution in [0.1, 0.15) is 34.2 Å². The fourth-order valence-electron chi connectivity index (χ4n) is 8.29.